The van der Waals surface area contributed by atoms with Crippen LogP contribution in [0.2, 0.25) is 0 Å². The monoisotopic (exact) mass is 343 g/mol. The van der Waals surface area contributed by atoms with Gasteiger partial charge in [-0.15, -0.1) is 0 Å². The normalized spacial score (nSPS) is 15.1. The molecule has 4 rings (SSSR count). The van der Waals surface area contributed by atoms with Crippen molar-refractivity contribution in [3.8, 4) is 22.6 Å². The van der Waals surface area contributed by atoms with Crippen molar-refractivity contribution in [1.82, 2.24) is 5.16 Å². The maximum absolute atomic E-state index is 5.60. The summed E-state index contributed by atoms with van der Waals surface area (Å²) in [5.74, 6) is 1.55. The van der Waals surface area contributed by atoms with E-state index in [1.54, 1.807) is 0 Å². The van der Waals surface area contributed by atoms with Crippen LogP contribution < -0.4 is 0 Å². The van der Waals surface area contributed by atoms with Crippen molar-refractivity contribution in [3.05, 3.63) is 72.3 Å². The lowest BCUT2D eigenvalue weighted by atomic mass is 9.84. The van der Waals surface area contributed by atoms with Crippen molar-refractivity contribution in [1.29, 1.82) is 0 Å². The van der Waals surface area contributed by atoms with Gasteiger partial charge in [-0.2, -0.15) is 0 Å². The van der Waals surface area contributed by atoms with Gasteiger partial charge in [-0.1, -0.05) is 85.1 Å². The summed E-state index contributed by atoms with van der Waals surface area (Å²) in [5, 5.41) is 4.25. The summed E-state index contributed by atoms with van der Waals surface area (Å²) in [6.45, 7) is 5.99. The fourth-order valence-corrected chi connectivity index (χ4v) is 3.83. The predicted molar refractivity (Wildman–Crippen MR) is 108 cm³/mol. The van der Waals surface area contributed by atoms with Crippen LogP contribution in [-0.2, 0) is 0 Å². The van der Waals surface area contributed by atoms with Crippen molar-refractivity contribution in [2.75, 3.05) is 0 Å². The zero-order valence-electron chi connectivity index (χ0n) is 15.4. The molecule has 0 bridgehead atoms. The molecule has 1 aromatic heterocycles. The molecule has 0 aliphatic heterocycles. The number of allylic oxidation sites excluding steroid dienone is 1. The lowest BCUT2D eigenvalue weighted by molar-refractivity contribution is 0.434. The molecule has 0 saturated heterocycles. The predicted octanol–water partition coefficient (Wildman–Crippen LogP) is 7.09. The highest BCUT2D eigenvalue weighted by Gasteiger charge is 2.16. The smallest absolute Gasteiger partial charge is 0.167 e. The van der Waals surface area contributed by atoms with Gasteiger partial charge < -0.3 is 4.52 Å². The fourth-order valence-electron chi connectivity index (χ4n) is 3.83. The summed E-state index contributed by atoms with van der Waals surface area (Å²) in [5.41, 5.74) is 6.69. The third-order valence-electron chi connectivity index (χ3n) is 5.46. The van der Waals surface area contributed by atoms with E-state index in [0.717, 1.165) is 39.6 Å². The maximum atomic E-state index is 5.60. The Hall–Kier alpha value is -2.61. The van der Waals surface area contributed by atoms with E-state index in [-0.39, 0.29) is 0 Å². The number of aromatic nitrogens is 1. The molecule has 2 heteroatoms. The quantitative estimate of drug-likeness (QED) is 0.505. The molecule has 1 saturated carbocycles. The average molecular weight is 343 g/mol. The Labute approximate surface area is 155 Å². The summed E-state index contributed by atoms with van der Waals surface area (Å²) in [6.07, 6.45) is 6.77. The van der Waals surface area contributed by atoms with E-state index in [1.807, 2.05) is 13.0 Å². The number of rotatable bonds is 4. The van der Waals surface area contributed by atoms with Crippen LogP contribution >= 0.6 is 0 Å². The van der Waals surface area contributed by atoms with Crippen LogP contribution in [0, 0.1) is 0 Å². The second kappa shape index (κ2) is 7.33. The molecule has 26 heavy (non-hydrogen) atoms. The molecule has 1 heterocycles. The molecule has 0 radical (unpaired) electrons. The van der Waals surface area contributed by atoms with Gasteiger partial charge in [0.2, 0.25) is 0 Å². The maximum Gasteiger partial charge on any atom is 0.167 e. The Balaban J connectivity index is 1.53. The molecular weight excluding hydrogens is 318 g/mol. The first-order valence-electron chi connectivity index (χ1n) is 9.54. The Morgan fingerprint density at radius 1 is 0.923 bits per heavy atom. The molecule has 0 N–H and O–H groups in total. The minimum atomic E-state index is 0.731. The lowest BCUT2D eigenvalue weighted by Crippen LogP contribution is -2.04. The van der Waals surface area contributed by atoms with Gasteiger partial charge in [0.25, 0.3) is 0 Å². The van der Waals surface area contributed by atoms with Gasteiger partial charge in [0.1, 0.15) is 5.69 Å². The van der Waals surface area contributed by atoms with Crippen LogP contribution in [-0.4, -0.2) is 5.16 Å². The van der Waals surface area contributed by atoms with E-state index in [2.05, 4.69) is 60.3 Å². The largest absolute Gasteiger partial charge is 0.356 e. The highest BCUT2D eigenvalue weighted by molar-refractivity contribution is 5.69. The van der Waals surface area contributed by atoms with Gasteiger partial charge in [0, 0.05) is 17.2 Å². The molecule has 132 valence electrons. The molecule has 0 spiro atoms. The minimum absolute atomic E-state index is 0.731. The molecule has 2 aromatic carbocycles. The molecule has 0 atom stereocenters. The second-order valence-electron chi connectivity index (χ2n) is 7.39. The van der Waals surface area contributed by atoms with Crippen LogP contribution in [0.25, 0.3) is 28.2 Å². The summed E-state index contributed by atoms with van der Waals surface area (Å²) in [4.78, 5) is 0. The molecule has 0 amide bonds. The third kappa shape index (κ3) is 3.50. The Kier molecular flexibility index (Phi) is 4.75. The molecular formula is C24H25NO. The van der Waals surface area contributed by atoms with Crippen molar-refractivity contribution in [2.45, 2.75) is 44.9 Å². The number of nitrogens with zero attached hydrogens (tertiary/aromatic N) is 1. The van der Waals surface area contributed by atoms with Crippen molar-refractivity contribution in [3.63, 3.8) is 0 Å². The zero-order chi connectivity index (χ0) is 17.9. The molecule has 1 fully saturated rings. The summed E-state index contributed by atoms with van der Waals surface area (Å²) < 4.78 is 5.60. The van der Waals surface area contributed by atoms with Crippen molar-refractivity contribution >= 4 is 5.57 Å². The van der Waals surface area contributed by atoms with E-state index in [1.165, 1.54) is 37.7 Å². The first kappa shape index (κ1) is 16.8. The Morgan fingerprint density at radius 2 is 1.58 bits per heavy atom. The SMILES string of the molecule is C=C(C)c1ccc(-c2cc(-c3ccc(C4CCCCC4)cc3)on2)cc1. The molecule has 2 nitrogen and oxygen atoms in total. The Bertz CT molecular complexity index is 881. The second-order valence-corrected chi connectivity index (χ2v) is 7.39. The highest BCUT2D eigenvalue weighted by atomic mass is 16.5. The van der Waals surface area contributed by atoms with E-state index >= 15 is 0 Å². The van der Waals surface area contributed by atoms with Crippen molar-refractivity contribution < 1.29 is 4.52 Å². The van der Waals surface area contributed by atoms with Crippen LogP contribution in [0.4, 0.5) is 0 Å². The molecule has 0 unspecified atom stereocenters. The third-order valence-corrected chi connectivity index (χ3v) is 5.46. The van der Waals surface area contributed by atoms with Gasteiger partial charge >= 0.3 is 0 Å². The lowest BCUT2D eigenvalue weighted by Gasteiger charge is -2.21. The first-order chi connectivity index (χ1) is 12.7. The van der Waals surface area contributed by atoms with Crippen LogP contribution in [0.15, 0.2) is 65.7 Å². The van der Waals surface area contributed by atoms with E-state index in [9.17, 15) is 0 Å². The van der Waals surface area contributed by atoms with E-state index in [4.69, 9.17) is 4.52 Å². The van der Waals surface area contributed by atoms with Gasteiger partial charge in [-0.3, -0.25) is 0 Å². The van der Waals surface area contributed by atoms with E-state index in [0.29, 0.717) is 0 Å². The summed E-state index contributed by atoms with van der Waals surface area (Å²) in [6, 6.07) is 19.2. The number of benzene rings is 2. The molecule has 3 aromatic rings. The van der Waals surface area contributed by atoms with Gasteiger partial charge in [-0.05, 0) is 36.8 Å². The van der Waals surface area contributed by atoms with E-state index < -0.39 is 0 Å². The average Bonchev–Trinajstić information content (AvgIpc) is 3.19. The van der Waals surface area contributed by atoms with Crippen LogP contribution in [0.5, 0.6) is 0 Å². The van der Waals surface area contributed by atoms with Crippen molar-refractivity contribution in [2.24, 2.45) is 0 Å². The van der Waals surface area contributed by atoms with Crippen LogP contribution in [0.3, 0.4) is 0 Å². The van der Waals surface area contributed by atoms with Gasteiger partial charge in [0.15, 0.2) is 5.76 Å². The minimum Gasteiger partial charge on any atom is -0.356 e. The molecule has 1 aliphatic carbocycles. The summed E-state index contributed by atoms with van der Waals surface area (Å²) in [7, 11) is 0. The standard InChI is InChI=1S/C24H25NO/c1-17(2)18-8-12-21(13-9-18)23-16-24(26-25-23)22-14-10-20(11-15-22)19-6-4-3-5-7-19/h8-16,19H,1,3-7H2,2H3. The zero-order valence-corrected chi connectivity index (χ0v) is 15.4. The summed E-state index contributed by atoms with van der Waals surface area (Å²) >= 11 is 0. The van der Waals surface area contributed by atoms with Crippen LogP contribution in [0.1, 0.15) is 56.1 Å². The van der Waals surface area contributed by atoms with Gasteiger partial charge in [-0.25, -0.2) is 0 Å². The number of hydrogen-bond acceptors (Lipinski definition) is 2. The highest BCUT2D eigenvalue weighted by Crippen LogP contribution is 2.34. The molecule has 1 aliphatic rings. The first-order valence-corrected chi connectivity index (χ1v) is 9.54. The topological polar surface area (TPSA) is 26.0 Å². The fraction of sp³-hybridized carbons (Fsp3) is 0.292. The Morgan fingerprint density at radius 3 is 2.23 bits per heavy atom. The van der Waals surface area contributed by atoms with Gasteiger partial charge in [0.05, 0.1) is 0 Å². The number of hydrogen-bond donors (Lipinski definition) is 0.